The maximum atomic E-state index is 13.6. The van der Waals surface area contributed by atoms with E-state index in [2.05, 4.69) is 15.5 Å². The van der Waals surface area contributed by atoms with Gasteiger partial charge in [0.15, 0.2) is 5.82 Å². The lowest BCUT2D eigenvalue weighted by Gasteiger charge is -2.03. The largest absolute Gasteiger partial charge is 0.480 e. The summed E-state index contributed by atoms with van der Waals surface area (Å²) in [4.78, 5) is 10.6. The van der Waals surface area contributed by atoms with Crippen LogP contribution in [0.25, 0.3) is 11.4 Å². The lowest BCUT2D eigenvalue weighted by atomic mass is 10.2. The first-order chi connectivity index (χ1) is 8.08. The van der Waals surface area contributed by atoms with Gasteiger partial charge in [-0.25, -0.2) is 9.07 Å². The summed E-state index contributed by atoms with van der Waals surface area (Å²) in [5, 5.41) is 19.2. The second-order valence-corrected chi connectivity index (χ2v) is 3.61. The molecule has 2 aromatic rings. The normalized spacial score (nSPS) is 10.5. The van der Waals surface area contributed by atoms with E-state index in [-0.39, 0.29) is 16.4 Å². The molecule has 0 aliphatic carbocycles. The van der Waals surface area contributed by atoms with Crippen LogP contribution >= 0.6 is 11.6 Å². The van der Waals surface area contributed by atoms with Gasteiger partial charge in [-0.15, -0.1) is 5.10 Å². The average Bonchev–Trinajstić information content (AvgIpc) is 2.65. The number of nitrogens with zero attached hydrogens (tertiary/aromatic N) is 4. The van der Waals surface area contributed by atoms with E-state index in [0.717, 1.165) is 10.7 Å². The molecule has 0 bridgehead atoms. The number of benzene rings is 1. The Kier molecular flexibility index (Phi) is 3.01. The minimum Gasteiger partial charge on any atom is -0.480 e. The third kappa shape index (κ3) is 2.39. The van der Waals surface area contributed by atoms with Crippen LogP contribution in [-0.2, 0) is 11.3 Å². The molecular formula is C9H6ClFN4O2. The fourth-order valence-electron chi connectivity index (χ4n) is 1.30. The topological polar surface area (TPSA) is 80.9 Å². The number of carboxylic acid groups (broad SMARTS) is 1. The zero-order chi connectivity index (χ0) is 12.4. The first-order valence-electron chi connectivity index (χ1n) is 4.51. The Morgan fingerprint density at radius 2 is 2.29 bits per heavy atom. The molecule has 17 heavy (non-hydrogen) atoms. The molecule has 6 nitrogen and oxygen atoms in total. The van der Waals surface area contributed by atoms with Crippen molar-refractivity contribution in [2.45, 2.75) is 6.54 Å². The van der Waals surface area contributed by atoms with Crippen LogP contribution in [-0.4, -0.2) is 31.3 Å². The van der Waals surface area contributed by atoms with Gasteiger partial charge in [-0.1, -0.05) is 11.6 Å². The third-order valence-electron chi connectivity index (χ3n) is 1.99. The monoisotopic (exact) mass is 256 g/mol. The van der Waals surface area contributed by atoms with Crippen LogP contribution in [0.1, 0.15) is 0 Å². The van der Waals surface area contributed by atoms with E-state index in [1.807, 2.05) is 0 Å². The summed E-state index contributed by atoms with van der Waals surface area (Å²) < 4.78 is 14.6. The number of carbonyl (C=O) groups is 1. The first-order valence-corrected chi connectivity index (χ1v) is 4.89. The van der Waals surface area contributed by atoms with Gasteiger partial charge < -0.3 is 5.11 Å². The van der Waals surface area contributed by atoms with Gasteiger partial charge in [-0.2, -0.15) is 0 Å². The summed E-state index contributed by atoms with van der Waals surface area (Å²) in [5.74, 6) is -1.69. The van der Waals surface area contributed by atoms with Crippen molar-refractivity contribution in [3.63, 3.8) is 0 Å². The number of aromatic nitrogens is 4. The maximum absolute atomic E-state index is 13.6. The number of tetrazole rings is 1. The van der Waals surface area contributed by atoms with E-state index < -0.39 is 18.3 Å². The fourth-order valence-corrected chi connectivity index (χ4v) is 1.46. The van der Waals surface area contributed by atoms with E-state index in [0.29, 0.717) is 0 Å². The second-order valence-electron chi connectivity index (χ2n) is 3.18. The van der Waals surface area contributed by atoms with Gasteiger partial charge in [-0.3, -0.25) is 4.79 Å². The predicted molar refractivity (Wildman–Crippen MR) is 55.9 cm³/mol. The van der Waals surface area contributed by atoms with Crippen molar-refractivity contribution >= 4 is 17.6 Å². The number of rotatable bonds is 3. The maximum Gasteiger partial charge on any atom is 0.325 e. The predicted octanol–water partition coefficient (Wildman–Crippen LogP) is 1.22. The van der Waals surface area contributed by atoms with Gasteiger partial charge in [-0.05, 0) is 28.6 Å². The van der Waals surface area contributed by atoms with Crippen LogP contribution < -0.4 is 0 Å². The summed E-state index contributed by atoms with van der Waals surface area (Å²) in [6, 6.07) is 3.97. The highest BCUT2D eigenvalue weighted by molar-refractivity contribution is 6.30. The first kappa shape index (κ1) is 11.5. The molecule has 1 heterocycles. The van der Waals surface area contributed by atoms with Gasteiger partial charge >= 0.3 is 5.97 Å². The summed E-state index contributed by atoms with van der Waals surface area (Å²) in [6.07, 6.45) is 0. The van der Waals surface area contributed by atoms with Crippen molar-refractivity contribution in [3.05, 3.63) is 29.0 Å². The molecule has 0 spiro atoms. The molecular weight excluding hydrogens is 251 g/mol. The molecule has 1 N–H and O–H groups in total. The Hall–Kier alpha value is -2.02. The Morgan fingerprint density at radius 3 is 2.94 bits per heavy atom. The molecule has 0 aliphatic rings. The van der Waals surface area contributed by atoms with Gasteiger partial charge in [0.1, 0.15) is 12.4 Å². The van der Waals surface area contributed by atoms with Crippen LogP contribution in [0.3, 0.4) is 0 Å². The van der Waals surface area contributed by atoms with Crippen molar-refractivity contribution in [2.75, 3.05) is 0 Å². The molecule has 2 rings (SSSR count). The summed E-state index contributed by atoms with van der Waals surface area (Å²) in [6.45, 7) is -0.440. The molecule has 88 valence electrons. The fraction of sp³-hybridized carbons (Fsp3) is 0.111. The molecule has 1 aromatic carbocycles. The molecule has 0 unspecified atom stereocenters. The third-order valence-corrected chi connectivity index (χ3v) is 2.22. The number of halogens is 2. The summed E-state index contributed by atoms with van der Waals surface area (Å²) >= 11 is 5.61. The van der Waals surface area contributed by atoms with Crippen LogP contribution in [0.2, 0.25) is 5.02 Å². The highest BCUT2D eigenvalue weighted by atomic mass is 35.5. The van der Waals surface area contributed by atoms with Crippen molar-refractivity contribution in [2.24, 2.45) is 0 Å². The molecule has 0 saturated heterocycles. The number of aliphatic carboxylic acids is 1. The Bertz CT molecular complexity index is 572. The standard InChI is InChI=1S/C9H6ClFN4O2/c10-5-1-2-6(7(11)3-5)9-12-13-14-15(9)4-8(16)17/h1-3H,4H2,(H,16,17). The average molecular weight is 257 g/mol. The van der Waals surface area contributed by atoms with E-state index in [9.17, 15) is 9.18 Å². The SMILES string of the molecule is O=C(O)Cn1nnnc1-c1ccc(Cl)cc1F. The molecule has 0 fully saturated rings. The zero-order valence-electron chi connectivity index (χ0n) is 8.34. The van der Waals surface area contributed by atoms with Crippen LogP contribution in [0, 0.1) is 5.82 Å². The minimum atomic E-state index is -1.12. The summed E-state index contributed by atoms with van der Waals surface area (Å²) in [5.41, 5.74) is 0.0978. The molecule has 0 saturated carbocycles. The minimum absolute atomic E-state index is 0.0431. The van der Waals surface area contributed by atoms with Crippen LogP contribution in [0.15, 0.2) is 18.2 Å². The quantitative estimate of drug-likeness (QED) is 0.893. The molecule has 0 aliphatic heterocycles. The second kappa shape index (κ2) is 4.46. The van der Waals surface area contributed by atoms with Crippen LogP contribution in [0.5, 0.6) is 0 Å². The van der Waals surface area contributed by atoms with E-state index in [4.69, 9.17) is 16.7 Å². The molecule has 8 heteroatoms. The van der Waals surface area contributed by atoms with E-state index in [1.54, 1.807) is 0 Å². The number of carboxylic acids is 1. The molecule has 0 atom stereocenters. The lowest BCUT2D eigenvalue weighted by molar-refractivity contribution is -0.137. The highest BCUT2D eigenvalue weighted by Crippen LogP contribution is 2.22. The van der Waals surface area contributed by atoms with Crippen molar-refractivity contribution in [3.8, 4) is 11.4 Å². The Balaban J connectivity index is 2.46. The Morgan fingerprint density at radius 1 is 1.53 bits per heavy atom. The molecule has 0 amide bonds. The van der Waals surface area contributed by atoms with Crippen molar-refractivity contribution < 1.29 is 14.3 Å². The van der Waals surface area contributed by atoms with Crippen molar-refractivity contribution in [1.29, 1.82) is 0 Å². The zero-order valence-corrected chi connectivity index (χ0v) is 9.10. The van der Waals surface area contributed by atoms with Crippen molar-refractivity contribution in [1.82, 2.24) is 20.2 Å². The number of hydrogen-bond acceptors (Lipinski definition) is 4. The highest BCUT2D eigenvalue weighted by Gasteiger charge is 2.15. The van der Waals surface area contributed by atoms with Gasteiger partial charge in [0.05, 0.1) is 5.56 Å². The van der Waals surface area contributed by atoms with E-state index in [1.165, 1.54) is 12.1 Å². The lowest BCUT2D eigenvalue weighted by Crippen LogP contribution is -2.12. The molecule has 1 aromatic heterocycles. The van der Waals surface area contributed by atoms with Gasteiger partial charge in [0.25, 0.3) is 0 Å². The summed E-state index contributed by atoms with van der Waals surface area (Å²) in [7, 11) is 0. The Labute approximate surface area is 99.6 Å². The smallest absolute Gasteiger partial charge is 0.325 e. The number of hydrogen-bond donors (Lipinski definition) is 1. The van der Waals surface area contributed by atoms with Gasteiger partial charge in [0.2, 0.25) is 0 Å². The van der Waals surface area contributed by atoms with Crippen LogP contribution in [0.4, 0.5) is 4.39 Å². The van der Waals surface area contributed by atoms with E-state index >= 15 is 0 Å². The van der Waals surface area contributed by atoms with Gasteiger partial charge in [0, 0.05) is 5.02 Å². The molecule has 0 radical (unpaired) electrons.